The summed E-state index contributed by atoms with van der Waals surface area (Å²) < 4.78 is 20.0. The minimum atomic E-state index is 0. The molecule has 280 valence electrons. The molecule has 0 aliphatic heterocycles. The topological polar surface area (TPSA) is 21.7 Å². The number of rotatable bonds is 9. The van der Waals surface area contributed by atoms with Gasteiger partial charge in [-0.25, -0.2) is 0 Å². The van der Waals surface area contributed by atoms with Crippen LogP contribution in [0.15, 0.2) is 187 Å². The van der Waals surface area contributed by atoms with Crippen molar-refractivity contribution >= 4 is 154 Å². The van der Waals surface area contributed by atoms with Crippen molar-refractivity contribution in [3.05, 3.63) is 199 Å². The Labute approximate surface area is 392 Å². The first-order valence-electron chi connectivity index (χ1n) is 16.2. The maximum atomic E-state index is 6.23. The SMILES string of the molecule is Brc1ccccc1Cc1cc(Oc2ccccc2Br)c(Br)cc1Br.Brc1ccccc1Oc1cc(N(c2ccccc2)c2ccccc2Br)c(Br)cc1Br.P. The fourth-order valence-electron chi connectivity index (χ4n) is 5.31. The zero-order chi connectivity index (χ0) is 38.2. The third-order valence-corrected chi connectivity index (χ3v) is 13.3. The number of nitrogens with zero attached hydrogens (tertiary/aromatic N) is 1. The van der Waals surface area contributed by atoms with Crippen LogP contribution >= 0.6 is 137 Å². The van der Waals surface area contributed by atoms with Crippen LogP contribution in [0.2, 0.25) is 0 Å². The highest BCUT2D eigenvalue weighted by Crippen LogP contribution is 2.46. The molecule has 7 aromatic carbocycles. The van der Waals surface area contributed by atoms with Crippen LogP contribution in [0.5, 0.6) is 23.0 Å². The molecule has 0 fully saturated rings. The lowest BCUT2D eigenvalue weighted by atomic mass is 10.0. The van der Waals surface area contributed by atoms with Gasteiger partial charge in [0.2, 0.25) is 0 Å². The largest absolute Gasteiger partial charge is 0.455 e. The van der Waals surface area contributed by atoms with Gasteiger partial charge in [-0.05, 0) is 186 Å². The number of para-hydroxylation sites is 4. The predicted octanol–water partition coefficient (Wildman–Crippen LogP) is 18.2. The number of halogens is 8. The molecule has 0 spiro atoms. The van der Waals surface area contributed by atoms with Gasteiger partial charge in [-0.1, -0.05) is 105 Å². The molecule has 7 rings (SSSR count). The van der Waals surface area contributed by atoms with Gasteiger partial charge >= 0.3 is 0 Å². The summed E-state index contributed by atoms with van der Waals surface area (Å²) in [5.41, 5.74) is 5.41. The van der Waals surface area contributed by atoms with Gasteiger partial charge in [0, 0.05) is 29.6 Å². The van der Waals surface area contributed by atoms with Crippen LogP contribution in [-0.2, 0) is 6.42 Å². The van der Waals surface area contributed by atoms with E-state index in [1.54, 1.807) is 0 Å². The molecular formula is C43H30Br8NO2P. The molecule has 55 heavy (non-hydrogen) atoms. The molecule has 12 heteroatoms. The zero-order valence-electron chi connectivity index (χ0n) is 28.6. The van der Waals surface area contributed by atoms with E-state index in [4.69, 9.17) is 9.47 Å². The van der Waals surface area contributed by atoms with Crippen LogP contribution in [0.3, 0.4) is 0 Å². The van der Waals surface area contributed by atoms with Gasteiger partial charge in [0.15, 0.2) is 0 Å². The van der Waals surface area contributed by atoms with Crippen molar-refractivity contribution in [2.45, 2.75) is 6.42 Å². The third kappa shape index (κ3) is 11.7. The average Bonchev–Trinajstić information content (AvgIpc) is 3.16. The Bertz CT molecular complexity index is 2330. The molecule has 1 unspecified atom stereocenters. The summed E-state index contributed by atoms with van der Waals surface area (Å²) in [6.45, 7) is 0. The highest BCUT2D eigenvalue weighted by atomic mass is 79.9. The van der Waals surface area contributed by atoms with E-state index < -0.39 is 0 Å². The van der Waals surface area contributed by atoms with Gasteiger partial charge in [-0.2, -0.15) is 9.90 Å². The molecule has 1 atom stereocenters. The first-order valence-corrected chi connectivity index (χ1v) is 22.6. The van der Waals surface area contributed by atoms with Gasteiger partial charge in [0.05, 0.1) is 29.3 Å². The first kappa shape index (κ1) is 44.3. The molecule has 0 N–H and O–H groups in total. The van der Waals surface area contributed by atoms with Crippen LogP contribution in [0, 0.1) is 0 Å². The Morgan fingerprint density at radius 3 is 1.38 bits per heavy atom. The molecule has 0 radical (unpaired) electrons. The predicted molar refractivity (Wildman–Crippen MR) is 263 cm³/mol. The van der Waals surface area contributed by atoms with E-state index in [1.165, 1.54) is 5.56 Å². The maximum Gasteiger partial charge on any atom is 0.143 e. The minimum absolute atomic E-state index is 0. The Hall–Kier alpha value is -1.79. The van der Waals surface area contributed by atoms with Crippen LogP contribution in [0.1, 0.15) is 11.1 Å². The van der Waals surface area contributed by atoms with Crippen molar-refractivity contribution in [1.82, 2.24) is 0 Å². The van der Waals surface area contributed by atoms with E-state index in [1.807, 2.05) is 115 Å². The molecule has 0 aromatic heterocycles. The first-order chi connectivity index (χ1) is 26.1. The quantitative estimate of drug-likeness (QED) is 0.134. The smallest absolute Gasteiger partial charge is 0.143 e. The lowest BCUT2D eigenvalue weighted by Gasteiger charge is -2.28. The van der Waals surface area contributed by atoms with Crippen LogP contribution < -0.4 is 14.4 Å². The third-order valence-electron chi connectivity index (χ3n) is 7.90. The summed E-state index contributed by atoms with van der Waals surface area (Å²) in [7, 11) is 0. The highest BCUT2D eigenvalue weighted by molar-refractivity contribution is 9.12. The van der Waals surface area contributed by atoms with Crippen molar-refractivity contribution < 1.29 is 9.47 Å². The monoisotopic (exact) mass is 1250 g/mol. The second-order valence-electron chi connectivity index (χ2n) is 11.6. The van der Waals surface area contributed by atoms with Crippen LogP contribution in [0.4, 0.5) is 17.1 Å². The Morgan fingerprint density at radius 2 is 0.818 bits per heavy atom. The van der Waals surface area contributed by atoms with Crippen LogP contribution in [-0.4, -0.2) is 0 Å². The Morgan fingerprint density at radius 1 is 0.345 bits per heavy atom. The standard InChI is InChI=1S/C24H15Br4NO.C19H12Br4O.H3P/c25-17-10-4-6-12-21(17)29(16-8-2-1-3-9-16)22-15-24(20(28)14-19(22)27)30-23-13-7-5-11-18(23)26;20-14-6-2-1-5-12(14)9-13-10-19(17(23)11-16(13)22)24-18-8-4-3-7-15(18)21;/h1-15H;1-8,10-11H,9H2;1H3. The van der Waals surface area contributed by atoms with Gasteiger partial charge in [-0.3, -0.25) is 0 Å². The second-order valence-corrected chi connectivity index (χ2v) is 18.4. The summed E-state index contributed by atoms with van der Waals surface area (Å²) >= 11 is 29.0. The molecule has 0 saturated heterocycles. The number of ether oxygens (including phenoxy) is 2. The lowest BCUT2D eigenvalue weighted by Crippen LogP contribution is -2.11. The summed E-state index contributed by atoms with van der Waals surface area (Å²) in [5, 5.41) is 0. The van der Waals surface area contributed by atoms with E-state index in [0.29, 0.717) is 5.75 Å². The van der Waals surface area contributed by atoms with Crippen molar-refractivity contribution in [3.8, 4) is 23.0 Å². The molecule has 0 saturated carbocycles. The highest BCUT2D eigenvalue weighted by Gasteiger charge is 2.20. The van der Waals surface area contributed by atoms with Gasteiger partial charge in [0.25, 0.3) is 0 Å². The van der Waals surface area contributed by atoms with Crippen molar-refractivity contribution in [1.29, 1.82) is 0 Å². The molecule has 0 heterocycles. The summed E-state index contributed by atoms with van der Waals surface area (Å²) in [4.78, 5) is 2.19. The van der Waals surface area contributed by atoms with Crippen molar-refractivity contribution in [2.24, 2.45) is 0 Å². The normalized spacial score (nSPS) is 10.5. The van der Waals surface area contributed by atoms with Crippen molar-refractivity contribution in [2.75, 3.05) is 4.90 Å². The van der Waals surface area contributed by atoms with Gasteiger partial charge in [0.1, 0.15) is 23.0 Å². The molecule has 7 aromatic rings. The van der Waals surface area contributed by atoms with Gasteiger partial charge < -0.3 is 14.4 Å². The van der Waals surface area contributed by atoms with E-state index in [0.717, 1.165) is 82.1 Å². The average molecular weight is 1260 g/mol. The molecule has 0 aliphatic rings. The number of benzene rings is 7. The Balaban J connectivity index is 0.000000212. The molecule has 0 bridgehead atoms. The summed E-state index contributed by atoms with van der Waals surface area (Å²) in [5.74, 6) is 3.03. The number of hydrogen-bond acceptors (Lipinski definition) is 3. The fourth-order valence-corrected chi connectivity index (χ4v) is 9.40. The minimum Gasteiger partial charge on any atom is -0.455 e. The van der Waals surface area contributed by atoms with Gasteiger partial charge in [-0.15, -0.1) is 0 Å². The second kappa shape index (κ2) is 21.3. The molecular weight excluding hydrogens is 1230 g/mol. The lowest BCUT2D eigenvalue weighted by molar-refractivity contribution is 0.476. The van der Waals surface area contributed by atoms with Crippen LogP contribution in [0.25, 0.3) is 0 Å². The van der Waals surface area contributed by atoms with E-state index in [-0.39, 0.29) is 9.90 Å². The number of anilines is 3. The number of hydrogen-bond donors (Lipinski definition) is 0. The summed E-state index contributed by atoms with van der Waals surface area (Å²) in [6, 6.07) is 50.4. The molecule has 3 nitrogen and oxygen atoms in total. The zero-order valence-corrected chi connectivity index (χ0v) is 42.7. The molecule has 0 aliphatic carbocycles. The van der Waals surface area contributed by atoms with E-state index in [2.05, 4.69) is 169 Å². The van der Waals surface area contributed by atoms with E-state index >= 15 is 0 Å². The van der Waals surface area contributed by atoms with Crippen molar-refractivity contribution in [3.63, 3.8) is 0 Å². The van der Waals surface area contributed by atoms with E-state index in [9.17, 15) is 0 Å². The Kier molecular flexibility index (Phi) is 17.1. The fraction of sp³-hybridized carbons (Fsp3) is 0.0233. The maximum absolute atomic E-state index is 6.23. The molecule has 0 amide bonds. The summed E-state index contributed by atoms with van der Waals surface area (Å²) in [6.07, 6.45) is 0.807.